The summed E-state index contributed by atoms with van der Waals surface area (Å²) in [4.78, 5) is 12.2. The summed E-state index contributed by atoms with van der Waals surface area (Å²) in [6.07, 6.45) is 1.65. The topological polar surface area (TPSA) is 59.8 Å². The summed E-state index contributed by atoms with van der Waals surface area (Å²) >= 11 is 1.37. The smallest absolute Gasteiger partial charge is 0.230 e. The van der Waals surface area contributed by atoms with Gasteiger partial charge in [-0.15, -0.1) is 10.2 Å². The summed E-state index contributed by atoms with van der Waals surface area (Å²) in [5, 5.41) is 11.7. The second-order valence-electron chi connectivity index (χ2n) is 5.31. The van der Waals surface area contributed by atoms with Crippen molar-refractivity contribution >= 4 is 17.7 Å². The number of benzene rings is 2. The molecule has 0 aliphatic heterocycles. The molecule has 0 saturated heterocycles. The first-order valence-electron chi connectivity index (χ1n) is 7.66. The van der Waals surface area contributed by atoms with Gasteiger partial charge in [-0.1, -0.05) is 60.3 Å². The number of carbonyl (C=O) groups excluding carboxylic acids is 1. The van der Waals surface area contributed by atoms with Crippen LogP contribution in [0.25, 0.3) is 5.69 Å². The molecule has 3 aromatic rings. The second kappa shape index (κ2) is 7.79. The molecule has 5 nitrogen and oxygen atoms in total. The molecule has 1 heterocycles. The molecule has 0 aliphatic rings. The summed E-state index contributed by atoms with van der Waals surface area (Å²) in [5.41, 5.74) is 2.06. The second-order valence-corrected chi connectivity index (χ2v) is 6.25. The number of aromatic nitrogens is 3. The number of thioether (sulfide) groups is 1. The first kappa shape index (κ1) is 16.3. The van der Waals surface area contributed by atoms with E-state index >= 15 is 0 Å². The van der Waals surface area contributed by atoms with Gasteiger partial charge in [0.15, 0.2) is 5.16 Å². The molecular formula is C18H18N4OS. The SMILES string of the molecule is C[C@H](NC(=O)CSc1nncn1-c1ccccc1)c1ccccc1. The maximum Gasteiger partial charge on any atom is 0.230 e. The van der Waals surface area contributed by atoms with Gasteiger partial charge in [-0.2, -0.15) is 0 Å². The van der Waals surface area contributed by atoms with E-state index in [9.17, 15) is 4.79 Å². The lowest BCUT2D eigenvalue weighted by Gasteiger charge is -2.14. The molecular weight excluding hydrogens is 320 g/mol. The van der Waals surface area contributed by atoms with Gasteiger partial charge in [-0.3, -0.25) is 9.36 Å². The van der Waals surface area contributed by atoms with E-state index in [2.05, 4.69) is 15.5 Å². The Morgan fingerprint density at radius 3 is 2.50 bits per heavy atom. The molecule has 1 amide bonds. The van der Waals surface area contributed by atoms with Gasteiger partial charge in [0.25, 0.3) is 0 Å². The van der Waals surface area contributed by atoms with Crippen LogP contribution in [0.3, 0.4) is 0 Å². The van der Waals surface area contributed by atoms with E-state index in [0.717, 1.165) is 11.3 Å². The molecule has 24 heavy (non-hydrogen) atoms. The predicted molar refractivity (Wildman–Crippen MR) is 95.1 cm³/mol. The number of rotatable bonds is 6. The first-order valence-corrected chi connectivity index (χ1v) is 8.65. The maximum atomic E-state index is 12.2. The van der Waals surface area contributed by atoms with Crippen molar-refractivity contribution in [3.8, 4) is 5.69 Å². The Hall–Kier alpha value is -2.60. The van der Waals surface area contributed by atoms with Crippen molar-refractivity contribution < 1.29 is 4.79 Å². The molecule has 0 saturated carbocycles. The van der Waals surface area contributed by atoms with Crippen LogP contribution in [0.5, 0.6) is 0 Å². The van der Waals surface area contributed by atoms with Gasteiger partial charge in [-0.05, 0) is 24.6 Å². The maximum absolute atomic E-state index is 12.2. The van der Waals surface area contributed by atoms with Crippen molar-refractivity contribution in [3.05, 3.63) is 72.6 Å². The quantitative estimate of drug-likeness (QED) is 0.701. The monoisotopic (exact) mass is 338 g/mol. The molecule has 1 N–H and O–H groups in total. The van der Waals surface area contributed by atoms with E-state index in [4.69, 9.17) is 0 Å². The number of carbonyl (C=O) groups is 1. The lowest BCUT2D eigenvalue weighted by molar-refractivity contribution is -0.119. The van der Waals surface area contributed by atoms with Crippen molar-refractivity contribution in [2.75, 3.05) is 5.75 Å². The number of hydrogen-bond acceptors (Lipinski definition) is 4. The van der Waals surface area contributed by atoms with Crippen LogP contribution < -0.4 is 5.32 Å². The van der Waals surface area contributed by atoms with Crippen molar-refractivity contribution in [3.63, 3.8) is 0 Å². The summed E-state index contributed by atoms with van der Waals surface area (Å²) in [6, 6.07) is 19.7. The minimum atomic E-state index is -0.0287. The predicted octanol–water partition coefficient (Wildman–Crippen LogP) is 3.24. The molecule has 1 aromatic heterocycles. The van der Waals surface area contributed by atoms with E-state index in [-0.39, 0.29) is 11.9 Å². The zero-order chi connectivity index (χ0) is 16.8. The summed E-state index contributed by atoms with van der Waals surface area (Å²) in [7, 11) is 0. The van der Waals surface area contributed by atoms with Gasteiger partial charge in [0, 0.05) is 5.69 Å². The Labute approximate surface area is 145 Å². The van der Waals surface area contributed by atoms with Gasteiger partial charge in [0.1, 0.15) is 6.33 Å². The zero-order valence-corrected chi connectivity index (χ0v) is 14.1. The highest BCUT2D eigenvalue weighted by atomic mass is 32.2. The largest absolute Gasteiger partial charge is 0.349 e. The molecule has 0 aliphatic carbocycles. The Morgan fingerprint density at radius 2 is 1.79 bits per heavy atom. The molecule has 3 rings (SSSR count). The van der Waals surface area contributed by atoms with Crippen LogP contribution in [0.15, 0.2) is 72.1 Å². The molecule has 122 valence electrons. The molecule has 0 unspecified atom stereocenters. The van der Waals surface area contributed by atoms with Crippen LogP contribution in [-0.4, -0.2) is 26.4 Å². The molecule has 6 heteroatoms. The van der Waals surface area contributed by atoms with Gasteiger partial charge >= 0.3 is 0 Å². The minimum absolute atomic E-state index is 0.0220. The van der Waals surface area contributed by atoms with E-state index in [1.807, 2.05) is 72.2 Å². The number of nitrogens with one attached hydrogen (secondary N) is 1. The molecule has 0 fully saturated rings. The number of amides is 1. The standard InChI is InChI=1S/C18H18N4OS/c1-14(15-8-4-2-5-9-15)20-17(23)12-24-18-21-19-13-22(18)16-10-6-3-7-11-16/h2-11,13-14H,12H2,1H3,(H,20,23)/t14-/m0/s1. The molecule has 0 spiro atoms. The van der Waals surface area contributed by atoms with Crippen LogP contribution in [0.4, 0.5) is 0 Å². The Balaban J connectivity index is 1.59. The third-order valence-electron chi connectivity index (χ3n) is 3.56. The average molecular weight is 338 g/mol. The van der Waals surface area contributed by atoms with Gasteiger partial charge in [-0.25, -0.2) is 0 Å². The van der Waals surface area contributed by atoms with Crippen LogP contribution >= 0.6 is 11.8 Å². The highest BCUT2D eigenvalue weighted by molar-refractivity contribution is 7.99. The lowest BCUT2D eigenvalue weighted by atomic mass is 10.1. The van der Waals surface area contributed by atoms with Gasteiger partial charge < -0.3 is 5.32 Å². The van der Waals surface area contributed by atoms with Crippen LogP contribution in [-0.2, 0) is 4.79 Å². The number of hydrogen-bond donors (Lipinski definition) is 1. The molecule has 0 bridgehead atoms. The molecule has 1 atom stereocenters. The minimum Gasteiger partial charge on any atom is -0.349 e. The summed E-state index contributed by atoms with van der Waals surface area (Å²) < 4.78 is 1.87. The van der Waals surface area contributed by atoms with Crippen LogP contribution in [0.2, 0.25) is 0 Å². The van der Waals surface area contributed by atoms with E-state index < -0.39 is 0 Å². The normalized spacial score (nSPS) is 11.9. The van der Waals surface area contributed by atoms with E-state index in [1.165, 1.54) is 11.8 Å². The van der Waals surface area contributed by atoms with Crippen LogP contribution in [0, 0.1) is 0 Å². The summed E-state index contributed by atoms with van der Waals surface area (Å²) in [5.74, 6) is 0.266. The zero-order valence-electron chi connectivity index (χ0n) is 13.3. The summed E-state index contributed by atoms with van der Waals surface area (Å²) in [6.45, 7) is 1.98. The Morgan fingerprint density at radius 1 is 1.12 bits per heavy atom. The van der Waals surface area contributed by atoms with Gasteiger partial charge in [0.05, 0.1) is 11.8 Å². The van der Waals surface area contributed by atoms with E-state index in [1.54, 1.807) is 6.33 Å². The lowest BCUT2D eigenvalue weighted by Crippen LogP contribution is -2.28. The van der Waals surface area contributed by atoms with Crippen molar-refractivity contribution in [1.82, 2.24) is 20.1 Å². The average Bonchev–Trinajstić information content (AvgIpc) is 3.10. The fourth-order valence-electron chi connectivity index (χ4n) is 2.33. The van der Waals surface area contributed by atoms with Crippen molar-refractivity contribution in [2.24, 2.45) is 0 Å². The molecule has 2 aromatic carbocycles. The first-order chi connectivity index (χ1) is 11.7. The van der Waals surface area contributed by atoms with Crippen molar-refractivity contribution in [1.29, 1.82) is 0 Å². The highest BCUT2D eigenvalue weighted by Gasteiger charge is 2.12. The van der Waals surface area contributed by atoms with E-state index in [0.29, 0.717) is 10.9 Å². The molecule has 0 radical (unpaired) electrons. The third-order valence-corrected chi connectivity index (χ3v) is 4.50. The Bertz CT molecular complexity index is 789. The Kier molecular flexibility index (Phi) is 5.28. The fraction of sp³-hybridized carbons (Fsp3) is 0.167. The van der Waals surface area contributed by atoms with Crippen molar-refractivity contribution in [2.45, 2.75) is 18.1 Å². The number of para-hydroxylation sites is 1. The fourth-order valence-corrected chi connectivity index (χ4v) is 3.07. The van der Waals surface area contributed by atoms with Gasteiger partial charge in [0.2, 0.25) is 5.91 Å². The van der Waals surface area contributed by atoms with Crippen LogP contribution in [0.1, 0.15) is 18.5 Å². The highest BCUT2D eigenvalue weighted by Crippen LogP contribution is 2.19. The number of nitrogens with zero attached hydrogens (tertiary/aromatic N) is 3. The third kappa shape index (κ3) is 4.02.